The average Bonchev–Trinajstić information content (AvgIpc) is 3.58. The molecule has 0 fully saturated rings. The number of nitrogens with zero attached hydrogens (tertiary/aromatic N) is 1. The van der Waals surface area contributed by atoms with Crippen LogP contribution in [0.2, 0.25) is 0 Å². The van der Waals surface area contributed by atoms with Crippen LogP contribution in [-0.4, -0.2) is 4.57 Å². The summed E-state index contributed by atoms with van der Waals surface area (Å²) in [6.07, 6.45) is 0.999. The Morgan fingerprint density at radius 1 is 0.381 bits per heavy atom. The molecule has 8 aromatic rings. The summed E-state index contributed by atoms with van der Waals surface area (Å²) < 4.78 is 2.48. The molecule has 0 aliphatic heterocycles. The molecule has 7 aromatic carbocycles. The first kappa shape index (κ1) is 23.3. The van der Waals surface area contributed by atoms with Crippen molar-refractivity contribution >= 4 is 32.6 Å². The van der Waals surface area contributed by atoms with Gasteiger partial charge < -0.3 is 4.57 Å². The van der Waals surface area contributed by atoms with E-state index in [1.807, 2.05) is 0 Å². The molecule has 42 heavy (non-hydrogen) atoms. The summed E-state index contributed by atoms with van der Waals surface area (Å²) in [4.78, 5) is 0. The van der Waals surface area contributed by atoms with Gasteiger partial charge in [-0.25, -0.2) is 0 Å². The molecule has 1 aliphatic rings. The van der Waals surface area contributed by atoms with Crippen LogP contribution in [-0.2, 0) is 6.42 Å². The van der Waals surface area contributed by atoms with E-state index in [9.17, 15) is 0 Å². The Kier molecular flexibility index (Phi) is 5.03. The van der Waals surface area contributed by atoms with Crippen LogP contribution in [0, 0.1) is 0 Å². The number of rotatable bonds is 3. The molecule has 0 amide bonds. The fraction of sp³-hybridized carbons (Fsp3) is 0.0244. The Morgan fingerprint density at radius 2 is 1.12 bits per heavy atom. The highest BCUT2D eigenvalue weighted by Crippen LogP contribution is 2.43. The molecule has 0 unspecified atom stereocenters. The number of fused-ring (bicyclic) bond motifs is 7. The lowest BCUT2D eigenvalue weighted by molar-refractivity contribution is 1.18. The normalized spacial score (nSPS) is 12.2. The smallest absolute Gasteiger partial charge is 0.0547 e. The third-order valence-corrected chi connectivity index (χ3v) is 8.97. The number of para-hydroxylation sites is 1. The van der Waals surface area contributed by atoms with Gasteiger partial charge in [0, 0.05) is 16.5 Å². The van der Waals surface area contributed by atoms with E-state index in [0.29, 0.717) is 0 Å². The standard InChI is InChI=1S/C41H27N/c1-2-11-27(12-3-1)28-15-10-16-30(21-28)37-25-33(23-31-14-5-7-18-35(31)37)42-40-20-9-8-19-36(40)39-24-32-22-29-13-4-6-17-34(29)38(32)26-41(39)42/h1-21,23-26H,22H2. The largest absolute Gasteiger partial charge is 0.309 e. The van der Waals surface area contributed by atoms with E-state index in [-0.39, 0.29) is 0 Å². The monoisotopic (exact) mass is 533 g/mol. The molecule has 0 spiro atoms. The fourth-order valence-corrected chi connectivity index (χ4v) is 7.04. The van der Waals surface area contributed by atoms with Gasteiger partial charge in [0.05, 0.1) is 11.0 Å². The van der Waals surface area contributed by atoms with Gasteiger partial charge in [-0.1, -0.05) is 115 Å². The molecule has 0 bridgehead atoms. The zero-order valence-electron chi connectivity index (χ0n) is 23.1. The van der Waals surface area contributed by atoms with E-state index in [4.69, 9.17) is 0 Å². The zero-order valence-corrected chi connectivity index (χ0v) is 23.1. The van der Waals surface area contributed by atoms with Crippen molar-refractivity contribution in [1.29, 1.82) is 0 Å². The van der Waals surface area contributed by atoms with Crippen LogP contribution in [0.25, 0.3) is 71.6 Å². The first-order chi connectivity index (χ1) is 20.8. The number of hydrogen-bond acceptors (Lipinski definition) is 0. The van der Waals surface area contributed by atoms with Crippen molar-refractivity contribution in [2.45, 2.75) is 6.42 Å². The summed E-state index contributed by atoms with van der Waals surface area (Å²) in [5.41, 5.74) is 14.2. The Hall–Kier alpha value is -5.40. The second-order valence-corrected chi connectivity index (χ2v) is 11.4. The zero-order chi connectivity index (χ0) is 27.6. The maximum absolute atomic E-state index is 2.48. The van der Waals surface area contributed by atoms with E-state index in [1.54, 1.807) is 0 Å². The maximum Gasteiger partial charge on any atom is 0.0547 e. The lowest BCUT2D eigenvalue weighted by atomic mass is 9.94. The van der Waals surface area contributed by atoms with Crippen LogP contribution in [0.15, 0.2) is 152 Å². The SMILES string of the molecule is c1ccc(-c2cccc(-c3cc(-n4c5ccccc5c5cc6c(cc54)-c4ccccc4C6)cc4ccccc34)c2)cc1. The molecule has 196 valence electrons. The Labute approximate surface area is 244 Å². The summed E-state index contributed by atoms with van der Waals surface area (Å²) in [7, 11) is 0. The van der Waals surface area contributed by atoms with E-state index in [0.717, 1.165) is 6.42 Å². The lowest BCUT2D eigenvalue weighted by Crippen LogP contribution is -1.96. The molecule has 0 saturated carbocycles. The second-order valence-electron chi connectivity index (χ2n) is 11.4. The first-order valence-electron chi connectivity index (χ1n) is 14.7. The predicted octanol–water partition coefficient (Wildman–Crippen LogP) is 10.8. The van der Waals surface area contributed by atoms with Crippen molar-refractivity contribution in [1.82, 2.24) is 4.57 Å². The summed E-state index contributed by atoms with van der Waals surface area (Å²) in [5.74, 6) is 0. The van der Waals surface area contributed by atoms with Crippen LogP contribution in [0.5, 0.6) is 0 Å². The number of benzene rings is 7. The third kappa shape index (κ3) is 3.50. The van der Waals surface area contributed by atoms with Crippen LogP contribution < -0.4 is 0 Å². The van der Waals surface area contributed by atoms with Crippen LogP contribution in [0.1, 0.15) is 11.1 Å². The number of hydrogen-bond donors (Lipinski definition) is 0. The van der Waals surface area contributed by atoms with Gasteiger partial charge in [0.25, 0.3) is 0 Å². The third-order valence-electron chi connectivity index (χ3n) is 8.97. The Balaban J connectivity index is 1.33. The van der Waals surface area contributed by atoms with E-state index < -0.39 is 0 Å². The topological polar surface area (TPSA) is 4.93 Å². The molecular weight excluding hydrogens is 506 g/mol. The van der Waals surface area contributed by atoms with E-state index >= 15 is 0 Å². The first-order valence-corrected chi connectivity index (χ1v) is 14.7. The molecular formula is C41H27N. The van der Waals surface area contributed by atoms with Gasteiger partial charge >= 0.3 is 0 Å². The van der Waals surface area contributed by atoms with Gasteiger partial charge in [-0.15, -0.1) is 0 Å². The van der Waals surface area contributed by atoms with Crippen LogP contribution in [0.4, 0.5) is 0 Å². The lowest BCUT2D eigenvalue weighted by Gasteiger charge is -2.15. The molecule has 0 N–H and O–H groups in total. The Morgan fingerprint density at radius 3 is 2.05 bits per heavy atom. The van der Waals surface area contributed by atoms with Crippen LogP contribution in [0.3, 0.4) is 0 Å². The van der Waals surface area contributed by atoms with Gasteiger partial charge in [0.1, 0.15) is 0 Å². The van der Waals surface area contributed by atoms with Gasteiger partial charge in [0.2, 0.25) is 0 Å². The molecule has 1 aliphatic carbocycles. The predicted molar refractivity (Wildman–Crippen MR) is 177 cm³/mol. The van der Waals surface area contributed by atoms with Crippen molar-refractivity contribution in [3.8, 4) is 39.1 Å². The number of aromatic nitrogens is 1. The van der Waals surface area contributed by atoms with Crippen molar-refractivity contribution in [2.24, 2.45) is 0 Å². The van der Waals surface area contributed by atoms with Gasteiger partial charge in [-0.3, -0.25) is 0 Å². The molecule has 1 heterocycles. The van der Waals surface area contributed by atoms with Gasteiger partial charge in [-0.2, -0.15) is 0 Å². The molecule has 0 saturated heterocycles. The average molecular weight is 534 g/mol. The van der Waals surface area contributed by atoms with Crippen LogP contribution >= 0.6 is 0 Å². The summed E-state index contributed by atoms with van der Waals surface area (Å²) >= 11 is 0. The molecule has 1 heteroatoms. The minimum Gasteiger partial charge on any atom is -0.309 e. The molecule has 0 radical (unpaired) electrons. The van der Waals surface area contributed by atoms with Crippen molar-refractivity contribution in [3.05, 3.63) is 163 Å². The van der Waals surface area contributed by atoms with E-state index in [1.165, 1.54) is 82.8 Å². The van der Waals surface area contributed by atoms with Gasteiger partial charge in [0.15, 0.2) is 0 Å². The molecule has 9 rings (SSSR count). The quantitative estimate of drug-likeness (QED) is 0.213. The van der Waals surface area contributed by atoms with Crippen molar-refractivity contribution in [3.63, 3.8) is 0 Å². The van der Waals surface area contributed by atoms with Crippen molar-refractivity contribution in [2.75, 3.05) is 0 Å². The summed E-state index contributed by atoms with van der Waals surface area (Å²) in [5, 5.41) is 5.12. The maximum atomic E-state index is 2.48. The van der Waals surface area contributed by atoms with Gasteiger partial charge in [-0.05, 0) is 98.1 Å². The molecule has 1 aromatic heterocycles. The Bertz CT molecular complexity index is 2320. The highest BCUT2D eigenvalue weighted by atomic mass is 15.0. The van der Waals surface area contributed by atoms with Crippen molar-refractivity contribution < 1.29 is 0 Å². The molecule has 1 nitrogen and oxygen atoms in total. The summed E-state index contributed by atoms with van der Waals surface area (Å²) in [6, 6.07) is 55.7. The summed E-state index contributed by atoms with van der Waals surface area (Å²) in [6.45, 7) is 0. The molecule has 0 atom stereocenters. The highest BCUT2D eigenvalue weighted by Gasteiger charge is 2.22. The highest BCUT2D eigenvalue weighted by molar-refractivity contribution is 6.12. The minimum atomic E-state index is 0.999. The van der Waals surface area contributed by atoms with E-state index in [2.05, 4.69) is 156 Å². The second kappa shape index (κ2) is 9.06. The fourth-order valence-electron chi connectivity index (χ4n) is 7.04. The minimum absolute atomic E-state index is 0.999.